The van der Waals surface area contributed by atoms with Crippen molar-refractivity contribution in [2.24, 2.45) is 5.11 Å². The van der Waals surface area contributed by atoms with Gasteiger partial charge in [0, 0.05) is 17.5 Å². The van der Waals surface area contributed by atoms with Crippen LogP contribution in [0.25, 0.3) is 27.8 Å². The fraction of sp³-hybridized carbons (Fsp3) is 0.154. The summed E-state index contributed by atoms with van der Waals surface area (Å²) in [5.74, 6) is 0.657. The summed E-state index contributed by atoms with van der Waals surface area (Å²) < 4.78 is 5.02. The Hall–Kier alpha value is -2.72. The summed E-state index contributed by atoms with van der Waals surface area (Å²) in [5, 5.41) is 16.8. The first-order valence-corrected chi connectivity index (χ1v) is 5.73. The summed E-state index contributed by atoms with van der Waals surface area (Å²) in [6.45, 7) is 0.431. The normalized spacial score (nSPS) is 10.5. The van der Waals surface area contributed by atoms with Gasteiger partial charge in [0.05, 0.1) is 11.8 Å². The maximum absolute atomic E-state index is 9.78. The third-order valence-corrected chi connectivity index (χ3v) is 2.49. The minimum atomic E-state index is 0.142. The second-order valence-electron chi connectivity index (χ2n) is 3.80. The van der Waals surface area contributed by atoms with E-state index in [9.17, 15) is 5.11 Å². The molecule has 0 unspecified atom stereocenters. The first-order valence-electron chi connectivity index (χ1n) is 5.73. The molecule has 96 valence electrons. The highest BCUT2D eigenvalue weighted by Crippen LogP contribution is 2.30. The van der Waals surface area contributed by atoms with Gasteiger partial charge in [-0.05, 0) is 29.6 Å². The first kappa shape index (κ1) is 12.7. The highest BCUT2D eigenvalue weighted by molar-refractivity contribution is 5.69. The molecule has 6 nitrogen and oxygen atoms in total. The molecule has 0 radical (unpaired) electrons. The summed E-state index contributed by atoms with van der Waals surface area (Å²) in [7, 11) is 0. The van der Waals surface area contributed by atoms with Crippen LogP contribution in [0.5, 0.6) is 5.75 Å². The van der Waals surface area contributed by atoms with Crippen LogP contribution in [0, 0.1) is 0 Å². The van der Waals surface area contributed by atoms with Gasteiger partial charge in [0.1, 0.15) is 5.75 Å². The summed E-state index contributed by atoms with van der Waals surface area (Å²) >= 11 is 0. The second-order valence-corrected chi connectivity index (χ2v) is 3.80. The van der Waals surface area contributed by atoms with E-state index in [0.717, 1.165) is 5.56 Å². The zero-order valence-corrected chi connectivity index (χ0v) is 10.1. The Balaban J connectivity index is 2.15. The molecule has 2 aromatic rings. The minimum Gasteiger partial charge on any atom is -0.507 e. The fourth-order valence-corrected chi connectivity index (χ4v) is 1.61. The van der Waals surface area contributed by atoms with Crippen molar-refractivity contribution in [1.29, 1.82) is 0 Å². The van der Waals surface area contributed by atoms with Gasteiger partial charge in [-0.25, -0.2) is 0 Å². The lowest BCUT2D eigenvalue weighted by Gasteiger charge is -2.02. The molecule has 0 atom stereocenters. The van der Waals surface area contributed by atoms with Crippen LogP contribution in [0.2, 0.25) is 0 Å². The van der Waals surface area contributed by atoms with Gasteiger partial charge in [0.2, 0.25) is 0 Å². The molecule has 0 aliphatic rings. The van der Waals surface area contributed by atoms with Crippen molar-refractivity contribution in [3.63, 3.8) is 0 Å². The number of aromatic hydroxyl groups is 1. The Bertz CT molecular complexity index is 614. The molecular weight excluding hydrogens is 244 g/mol. The highest BCUT2D eigenvalue weighted by atomic mass is 16.5. The van der Waals surface area contributed by atoms with Crippen LogP contribution < -0.4 is 0 Å². The Labute approximate surface area is 109 Å². The van der Waals surface area contributed by atoms with E-state index >= 15 is 0 Å². The van der Waals surface area contributed by atoms with E-state index in [1.165, 1.54) is 6.20 Å². The number of hydrogen-bond acceptors (Lipinski definition) is 4. The Morgan fingerprint density at radius 1 is 1.42 bits per heavy atom. The average Bonchev–Trinajstić information content (AvgIpc) is 2.94. The van der Waals surface area contributed by atoms with E-state index < -0.39 is 0 Å². The number of benzene rings is 1. The topological polar surface area (TPSA) is 95.0 Å². The lowest BCUT2D eigenvalue weighted by molar-refractivity contribution is 0.426. The molecular formula is C13H12N4O2. The second kappa shape index (κ2) is 6.28. The molecule has 1 aromatic carbocycles. The van der Waals surface area contributed by atoms with Crippen molar-refractivity contribution in [2.75, 3.05) is 6.54 Å². The number of phenolic OH excluding ortho intramolecular Hbond substituents is 1. The van der Waals surface area contributed by atoms with Crippen molar-refractivity contribution in [3.8, 4) is 17.1 Å². The predicted molar refractivity (Wildman–Crippen MR) is 71.3 cm³/mol. The number of aromatic nitrogens is 1. The molecule has 0 aliphatic heterocycles. The smallest absolute Gasteiger partial charge is 0.170 e. The van der Waals surface area contributed by atoms with E-state index in [0.29, 0.717) is 24.3 Å². The van der Waals surface area contributed by atoms with E-state index in [-0.39, 0.29) is 5.75 Å². The lowest BCUT2D eigenvalue weighted by Crippen LogP contribution is -1.80. The van der Waals surface area contributed by atoms with E-state index in [1.54, 1.807) is 24.3 Å². The molecule has 1 aromatic heterocycles. The number of azide groups is 1. The van der Waals surface area contributed by atoms with Crippen LogP contribution in [0.3, 0.4) is 0 Å². The Kier molecular flexibility index (Phi) is 4.21. The molecule has 1 N–H and O–H groups in total. The van der Waals surface area contributed by atoms with Gasteiger partial charge in [-0.2, -0.15) is 0 Å². The van der Waals surface area contributed by atoms with Crippen LogP contribution >= 0.6 is 0 Å². The fourth-order valence-electron chi connectivity index (χ4n) is 1.61. The summed E-state index contributed by atoms with van der Waals surface area (Å²) in [6.07, 6.45) is 6.00. The van der Waals surface area contributed by atoms with Crippen LogP contribution in [0.1, 0.15) is 12.0 Å². The van der Waals surface area contributed by atoms with Crippen LogP contribution in [-0.4, -0.2) is 16.8 Å². The molecule has 0 aliphatic carbocycles. The van der Waals surface area contributed by atoms with E-state index in [2.05, 4.69) is 15.2 Å². The number of phenols is 1. The van der Waals surface area contributed by atoms with Gasteiger partial charge in [-0.3, -0.25) is 0 Å². The van der Waals surface area contributed by atoms with Crippen molar-refractivity contribution in [3.05, 3.63) is 52.5 Å². The standard InChI is InChI=1S/C13H12N4O2/c14-17-15-7-2-1-3-10-4-5-12(18)11(9-10)13-6-8-16-19-13/h1,3-6,8-9,18H,2,7H2. The zero-order valence-electron chi connectivity index (χ0n) is 10.1. The summed E-state index contributed by atoms with van der Waals surface area (Å²) in [5.41, 5.74) is 9.66. The van der Waals surface area contributed by atoms with Gasteiger partial charge in [0.15, 0.2) is 5.76 Å². The van der Waals surface area contributed by atoms with Crippen LogP contribution in [-0.2, 0) is 0 Å². The van der Waals surface area contributed by atoms with Crippen LogP contribution in [0.4, 0.5) is 0 Å². The van der Waals surface area contributed by atoms with Crippen LogP contribution in [0.15, 0.2) is 46.2 Å². The van der Waals surface area contributed by atoms with Crippen molar-refractivity contribution in [1.82, 2.24) is 5.16 Å². The molecule has 0 amide bonds. The third-order valence-electron chi connectivity index (χ3n) is 2.49. The monoisotopic (exact) mass is 256 g/mol. The zero-order chi connectivity index (χ0) is 13.5. The summed E-state index contributed by atoms with van der Waals surface area (Å²) in [6, 6.07) is 6.88. The molecule has 0 spiro atoms. The van der Waals surface area contributed by atoms with Crippen molar-refractivity contribution in [2.45, 2.75) is 6.42 Å². The average molecular weight is 256 g/mol. The molecule has 0 fully saturated rings. The van der Waals surface area contributed by atoms with E-state index in [1.807, 2.05) is 12.2 Å². The molecule has 0 saturated heterocycles. The third kappa shape index (κ3) is 3.37. The molecule has 6 heteroatoms. The Morgan fingerprint density at radius 2 is 2.32 bits per heavy atom. The van der Waals surface area contributed by atoms with Crippen molar-refractivity contribution < 1.29 is 9.63 Å². The summed E-state index contributed by atoms with van der Waals surface area (Å²) in [4.78, 5) is 2.68. The SMILES string of the molecule is [N-]=[N+]=NCCC=Cc1ccc(O)c(-c2ccno2)c1. The number of nitrogens with zero attached hydrogens (tertiary/aromatic N) is 4. The lowest BCUT2D eigenvalue weighted by atomic mass is 10.1. The molecule has 19 heavy (non-hydrogen) atoms. The number of rotatable bonds is 5. The Morgan fingerprint density at radius 3 is 3.05 bits per heavy atom. The van der Waals surface area contributed by atoms with Gasteiger partial charge >= 0.3 is 0 Å². The predicted octanol–water partition coefficient (Wildman–Crippen LogP) is 3.76. The first-order chi connectivity index (χ1) is 9.31. The number of hydrogen-bond donors (Lipinski definition) is 1. The maximum Gasteiger partial charge on any atom is 0.170 e. The largest absolute Gasteiger partial charge is 0.507 e. The maximum atomic E-state index is 9.78. The molecule has 0 bridgehead atoms. The quantitative estimate of drug-likeness (QED) is 0.382. The van der Waals surface area contributed by atoms with Gasteiger partial charge in [-0.1, -0.05) is 28.5 Å². The minimum absolute atomic E-state index is 0.142. The van der Waals surface area contributed by atoms with Crippen molar-refractivity contribution >= 4 is 6.08 Å². The van der Waals surface area contributed by atoms with Gasteiger partial charge in [0.25, 0.3) is 0 Å². The molecule has 1 heterocycles. The molecule has 2 rings (SSSR count). The van der Waals surface area contributed by atoms with Gasteiger partial charge in [-0.15, -0.1) is 0 Å². The van der Waals surface area contributed by atoms with Gasteiger partial charge < -0.3 is 9.63 Å². The van der Waals surface area contributed by atoms with E-state index in [4.69, 9.17) is 10.1 Å². The highest BCUT2D eigenvalue weighted by Gasteiger charge is 2.07. The molecule has 0 saturated carbocycles.